The Labute approximate surface area is 134 Å². The van der Waals surface area contributed by atoms with Crippen LogP contribution in [-0.2, 0) is 0 Å². The molecule has 1 aromatic heterocycles. The summed E-state index contributed by atoms with van der Waals surface area (Å²) in [6.07, 6.45) is 0. The van der Waals surface area contributed by atoms with Gasteiger partial charge in [0.05, 0.1) is 26.5 Å². The van der Waals surface area contributed by atoms with Crippen LogP contribution in [0.2, 0.25) is 0 Å². The van der Waals surface area contributed by atoms with Gasteiger partial charge in [-0.05, 0) is 51.8 Å². The van der Waals surface area contributed by atoms with E-state index in [2.05, 4.69) is 20.9 Å². The van der Waals surface area contributed by atoms with E-state index >= 15 is 0 Å². The average molecular weight is 353 g/mol. The highest BCUT2D eigenvalue weighted by Gasteiger charge is 2.09. The first-order valence-electron chi connectivity index (χ1n) is 6.83. The molecule has 1 heterocycles. The quantitative estimate of drug-likeness (QED) is 0.431. The van der Waals surface area contributed by atoms with Crippen molar-refractivity contribution in [2.75, 3.05) is 0 Å². The summed E-state index contributed by atoms with van der Waals surface area (Å²) in [6.45, 7) is 0. The first kappa shape index (κ1) is 13.3. The maximum absolute atomic E-state index is 13.5. The fraction of sp³-hybridized carbons (Fsp3) is 0. The summed E-state index contributed by atoms with van der Waals surface area (Å²) in [7, 11) is 0. The molecule has 106 valence electrons. The summed E-state index contributed by atoms with van der Waals surface area (Å²) in [5, 5.41) is 0. The van der Waals surface area contributed by atoms with E-state index in [1.165, 1.54) is 6.07 Å². The fourth-order valence-electron chi connectivity index (χ4n) is 2.54. The SMILES string of the molecule is Fc1ccc(-c2cccc3nc4ccccc4nc23)cc1Br. The van der Waals surface area contributed by atoms with Gasteiger partial charge in [-0.2, -0.15) is 0 Å². The molecule has 0 atom stereocenters. The van der Waals surface area contributed by atoms with Crippen molar-refractivity contribution in [2.45, 2.75) is 0 Å². The lowest BCUT2D eigenvalue weighted by molar-refractivity contribution is 0.621. The minimum Gasteiger partial charge on any atom is -0.244 e. The van der Waals surface area contributed by atoms with Crippen LogP contribution in [0.15, 0.2) is 65.1 Å². The lowest BCUT2D eigenvalue weighted by atomic mass is 10.0. The predicted octanol–water partition coefficient (Wildman–Crippen LogP) is 5.35. The van der Waals surface area contributed by atoms with Crippen LogP contribution in [0.3, 0.4) is 0 Å². The monoisotopic (exact) mass is 352 g/mol. The number of halogens is 2. The van der Waals surface area contributed by atoms with Crippen molar-refractivity contribution in [1.29, 1.82) is 0 Å². The summed E-state index contributed by atoms with van der Waals surface area (Å²) in [6, 6.07) is 18.6. The Hall–Kier alpha value is -2.33. The van der Waals surface area contributed by atoms with Gasteiger partial charge in [-0.25, -0.2) is 14.4 Å². The normalized spacial score (nSPS) is 11.2. The van der Waals surface area contributed by atoms with E-state index in [1.807, 2.05) is 42.5 Å². The number of rotatable bonds is 1. The topological polar surface area (TPSA) is 25.8 Å². The third-order valence-electron chi connectivity index (χ3n) is 3.60. The molecule has 0 saturated heterocycles. The second kappa shape index (κ2) is 5.14. The van der Waals surface area contributed by atoms with E-state index in [0.29, 0.717) is 4.47 Å². The summed E-state index contributed by atoms with van der Waals surface area (Å²) in [5.41, 5.74) is 5.22. The molecule has 0 amide bonds. The van der Waals surface area contributed by atoms with Gasteiger partial charge in [0.1, 0.15) is 5.82 Å². The zero-order valence-electron chi connectivity index (χ0n) is 11.4. The smallest absolute Gasteiger partial charge is 0.137 e. The molecule has 22 heavy (non-hydrogen) atoms. The van der Waals surface area contributed by atoms with Gasteiger partial charge >= 0.3 is 0 Å². The van der Waals surface area contributed by atoms with Crippen LogP contribution in [0.25, 0.3) is 33.2 Å². The molecule has 0 spiro atoms. The Kier molecular flexibility index (Phi) is 3.12. The first-order chi connectivity index (χ1) is 10.7. The van der Waals surface area contributed by atoms with Crippen LogP contribution in [-0.4, -0.2) is 9.97 Å². The lowest BCUT2D eigenvalue weighted by Crippen LogP contribution is -1.90. The van der Waals surface area contributed by atoms with Crippen molar-refractivity contribution in [3.05, 3.63) is 71.0 Å². The minimum absolute atomic E-state index is 0.277. The van der Waals surface area contributed by atoms with Crippen LogP contribution in [0.5, 0.6) is 0 Å². The maximum Gasteiger partial charge on any atom is 0.137 e. The number of nitrogens with zero attached hydrogens (tertiary/aromatic N) is 2. The molecule has 0 unspecified atom stereocenters. The van der Waals surface area contributed by atoms with E-state index < -0.39 is 0 Å². The van der Waals surface area contributed by atoms with E-state index in [9.17, 15) is 4.39 Å². The third kappa shape index (κ3) is 2.16. The van der Waals surface area contributed by atoms with Gasteiger partial charge < -0.3 is 0 Å². The molecule has 0 saturated carbocycles. The third-order valence-corrected chi connectivity index (χ3v) is 4.21. The van der Waals surface area contributed by atoms with Crippen molar-refractivity contribution >= 4 is 38.0 Å². The summed E-state index contributed by atoms with van der Waals surface area (Å²) in [5.74, 6) is -0.277. The van der Waals surface area contributed by atoms with Crippen molar-refractivity contribution in [1.82, 2.24) is 9.97 Å². The number of benzene rings is 3. The van der Waals surface area contributed by atoms with Gasteiger partial charge in [0.25, 0.3) is 0 Å². The molecule has 0 aliphatic carbocycles. The molecule has 4 aromatic rings. The van der Waals surface area contributed by atoms with Crippen LogP contribution in [0.1, 0.15) is 0 Å². The number of aromatic nitrogens is 2. The van der Waals surface area contributed by atoms with Gasteiger partial charge in [-0.3, -0.25) is 0 Å². The second-order valence-electron chi connectivity index (χ2n) is 5.01. The molecule has 4 heteroatoms. The standard InChI is InChI=1S/C18H10BrFN2/c19-13-10-11(8-9-14(13)20)12-4-3-7-17-18(12)22-16-6-2-1-5-15(16)21-17/h1-10H. The van der Waals surface area contributed by atoms with Gasteiger partial charge in [0, 0.05) is 5.56 Å². The molecule has 0 fully saturated rings. The van der Waals surface area contributed by atoms with Crippen LogP contribution in [0, 0.1) is 5.82 Å². The molecular weight excluding hydrogens is 343 g/mol. The lowest BCUT2D eigenvalue weighted by Gasteiger charge is -2.08. The molecule has 0 aliphatic rings. The Morgan fingerprint density at radius 3 is 2.27 bits per heavy atom. The van der Waals surface area contributed by atoms with Gasteiger partial charge in [-0.1, -0.05) is 30.3 Å². The average Bonchev–Trinajstić information content (AvgIpc) is 2.55. The molecule has 0 N–H and O–H groups in total. The molecule has 0 aliphatic heterocycles. The largest absolute Gasteiger partial charge is 0.244 e. The number of fused-ring (bicyclic) bond motifs is 2. The Morgan fingerprint density at radius 2 is 1.50 bits per heavy atom. The first-order valence-corrected chi connectivity index (χ1v) is 7.62. The van der Waals surface area contributed by atoms with Gasteiger partial charge in [0.15, 0.2) is 0 Å². The molecule has 3 aromatic carbocycles. The van der Waals surface area contributed by atoms with Crippen molar-refractivity contribution in [2.24, 2.45) is 0 Å². The van der Waals surface area contributed by atoms with E-state index in [-0.39, 0.29) is 5.82 Å². The fourth-order valence-corrected chi connectivity index (χ4v) is 2.92. The number of hydrogen-bond acceptors (Lipinski definition) is 2. The molecule has 4 rings (SSSR count). The highest BCUT2D eigenvalue weighted by molar-refractivity contribution is 9.10. The van der Waals surface area contributed by atoms with E-state index in [0.717, 1.165) is 33.2 Å². The molecular formula is C18H10BrFN2. The Bertz CT molecular complexity index is 1010. The Balaban J connectivity index is 2.04. The van der Waals surface area contributed by atoms with E-state index in [1.54, 1.807) is 12.1 Å². The van der Waals surface area contributed by atoms with Gasteiger partial charge in [-0.15, -0.1) is 0 Å². The highest BCUT2D eigenvalue weighted by Crippen LogP contribution is 2.30. The van der Waals surface area contributed by atoms with Crippen molar-refractivity contribution in [3.8, 4) is 11.1 Å². The van der Waals surface area contributed by atoms with Crippen LogP contribution < -0.4 is 0 Å². The van der Waals surface area contributed by atoms with Crippen molar-refractivity contribution in [3.63, 3.8) is 0 Å². The zero-order chi connectivity index (χ0) is 15.1. The van der Waals surface area contributed by atoms with Crippen LogP contribution in [0.4, 0.5) is 4.39 Å². The summed E-state index contributed by atoms with van der Waals surface area (Å²) < 4.78 is 13.9. The Morgan fingerprint density at radius 1 is 0.773 bits per heavy atom. The second-order valence-corrected chi connectivity index (χ2v) is 5.87. The molecule has 0 bridgehead atoms. The number of para-hydroxylation sites is 3. The highest BCUT2D eigenvalue weighted by atomic mass is 79.9. The summed E-state index contributed by atoms with van der Waals surface area (Å²) in [4.78, 5) is 9.39. The van der Waals surface area contributed by atoms with Crippen LogP contribution >= 0.6 is 15.9 Å². The summed E-state index contributed by atoms with van der Waals surface area (Å²) >= 11 is 3.24. The van der Waals surface area contributed by atoms with Crippen molar-refractivity contribution < 1.29 is 4.39 Å². The van der Waals surface area contributed by atoms with E-state index in [4.69, 9.17) is 4.98 Å². The zero-order valence-corrected chi connectivity index (χ0v) is 13.0. The minimum atomic E-state index is -0.277. The molecule has 0 radical (unpaired) electrons. The maximum atomic E-state index is 13.5. The predicted molar refractivity (Wildman–Crippen MR) is 90.1 cm³/mol. The van der Waals surface area contributed by atoms with Gasteiger partial charge in [0.2, 0.25) is 0 Å². The number of hydrogen-bond donors (Lipinski definition) is 0. The molecule has 2 nitrogen and oxygen atoms in total.